The highest BCUT2D eigenvalue weighted by Crippen LogP contribution is 2.41. The van der Waals surface area contributed by atoms with Gasteiger partial charge in [0.05, 0.1) is 18.9 Å². The van der Waals surface area contributed by atoms with E-state index in [0.717, 1.165) is 18.5 Å². The van der Waals surface area contributed by atoms with E-state index in [1.165, 1.54) is 36.4 Å². The second-order valence-electron chi connectivity index (χ2n) is 7.37. The molecule has 12 heteroatoms. The van der Waals surface area contributed by atoms with Crippen LogP contribution in [0.25, 0.3) is 11.1 Å². The van der Waals surface area contributed by atoms with E-state index in [2.05, 4.69) is 5.10 Å². The van der Waals surface area contributed by atoms with Gasteiger partial charge in [0.1, 0.15) is 0 Å². The van der Waals surface area contributed by atoms with Gasteiger partial charge in [0.25, 0.3) is 0 Å². The number of nitrogens with two attached hydrogens (primary N) is 1. The van der Waals surface area contributed by atoms with Crippen LogP contribution in [0.5, 0.6) is 0 Å². The Kier molecular flexibility index (Phi) is 6.24. The molecular weight excluding hydrogens is 458 g/mol. The summed E-state index contributed by atoms with van der Waals surface area (Å²) in [5.74, 6) is -2.07. The minimum Gasteiger partial charge on any atom is -0.378 e. The van der Waals surface area contributed by atoms with Crippen molar-refractivity contribution < 1.29 is 31.9 Å². The summed E-state index contributed by atoms with van der Waals surface area (Å²) in [5.41, 5.74) is 4.60. The number of rotatable bonds is 4. The van der Waals surface area contributed by atoms with Crippen LogP contribution >= 0.6 is 0 Å². The molecule has 0 spiro atoms. The molecule has 0 radical (unpaired) electrons. The fourth-order valence-electron chi connectivity index (χ4n) is 3.73. The average Bonchev–Trinajstić information content (AvgIpc) is 3.35. The molecule has 34 heavy (non-hydrogen) atoms. The van der Waals surface area contributed by atoms with Crippen molar-refractivity contribution in [2.45, 2.75) is 6.30 Å². The summed E-state index contributed by atoms with van der Waals surface area (Å²) in [6.45, 7) is 1.43. The molecule has 2 amide bonds. The van der Waals surface area contributed by atoms with Crippen LogP contribution in [0.15, 0.2) is 54.9 Å². The minimum absolute atomic E-state index is 0.0514. The van der Waals surface area contributed by atoms with E-state index in [1.54, 1.807) is 4.90 Å². The second-order valence-corrected chi connectivity index (χ2v) is 7.37. The molecule has 8 nitrogen and oxygen atoms in total. The molecule has 1 fully saturated rings. The molecule has 1 aromatic heterocycles. The van der Waals surface area contributed by atoms with E-state index >= 15 is 4.39 Å². The fourth-order valence-corrected chi connectivity index (χ4v) is 3.73. The smallest absolute Gasteiger partial charge is 0.378 e. The van der Waals surface area contributed by atoms with Gasteiger partial charge in [-0.1, -0.05) is 12.1 Å². The van der Waals surface area contributed by atoms with Crippen molar-refractivity contribution >= 4 is 23.3 Å². The third kappa shape index (κ3) is 4.44. The zero-order valence-corrected chi connectivity index (χ0v) is 17.6. The van der Waals surface area contributed by atoms with Gasteiger partial charge < -0.3 is 15.4 Å². The van der Waals surface area contributed by atoms with Crippen LogP contribution in [0.2, 0.25) is 0 Å². The van der Waals surface area contributed by atoms with Crippen LogP contribution in [0, 0.1) is 5.82 Å². The quantitative estimate of drug-likeness (QED) is 0.458. The lowest BCUT2D eigenvalue weighted by Gasteiger charge is -2.32. The summed E-state index contributed by atoms with van der Waals surface area (Å²) >= 11 is 0. The lowest BCUT2D eigenvalue weighted by Crippen LogP contribution is -2.46. The highest BCUT2D eigenvalue weighted by Gasteiger charge is 2.45. The maximum Gasteiger partial charge on any atom is 0.493 e. The van der Waals surface area contributed by atoms with E-state index in [9.17, 15) is 22.8 Å². The molecule has 2 aromatic carbocycles. The van der Waals surface area contributed by atoms with Gasteiger partial charge in [-0.05, 0) is 35.9 Å². The number of nitrogens with zero attached hydrogens (tertiary/aromatic N) is 4. The monoisotopic (exact) mass is 477 g/mol. The molecule has 4 rings (SSSR count). The van der Waals surface area contributed by atoms with Gasteiger partial charge in [0, 0.05) is 42.3 Å². The topological polar surface area (TPSA) is 93.7 Å². The maximum absolute atomic E-state index is 16.0. The first-order valence-corrected chi connectivity index (χ1v) is 10.1. The lowest BCUT2D eigenvalue weighted by atomic mass is 9.98. The molecule has 1 aliphatic rings. The number of hydrogen-bond acceptors (Lipinski definition) is 5. The van der Waals surface area contributed by atoms with Gasteiger partial charge in [-0.2, -0.15) is 14.7 Å². The number of morpholine rings is 1. The summed E-state index contributed by atoms with van der Waals surface area (Å²) in [5, 5.41) is 3.54. The molecule has 1 saturated heterocycles. The summed E-state index contributed by atoms with van der Waals surface area (Å²) in [4.78, 5) is 25.5. The predicted octanol–water partition coefficient (Wildman–Crippen LogP) is 3.62. The molecule has 0 bridgehead atoms. The van der Waals surface area contributed by atoms with E-state index in [4.69, 9.17) is 10.5 Å². The van der Waals surface area contributed by atoms with Crippen molar-refractivity contribution in [3.8, 4) is 11.1 Å². The Labute approximate surface area is 191 Å². The highest BCUT2D eigenvalue weighted by molar-refractivity contribution is 5.97. The molecule has 3 aromatic rings. The van der Waals surface area contributed by atoms with Crippen LogP contribution in [0.1, 0.15) is 10.4 Å². The summed E-state index contributed by atoms with van der Waals surface area (Å²) in [6, 6.07) is 7.47. The molecule has 0 atom stereocenters. The number of carbonyl (C=O) groups is 2. The first kappa shape index (κ1) is 23.2. The lowest BCUT2D eigenvalue weighted by molar-refractivity contribution is -0.121. The normalized spacial score (nSPS) is 14.2. The van der Waals surface area contributed by atoms with E-state index < -0.39 is 34.6 Å². The number of alkyl halides is 3. The Morgan fingerprint density at radius 2 is 1.82 bits per heavy atom. The molecule has 1 aliphatic heterocycles. The number of aromatic nitrogens is 2. The summed E-state index contributed by atoms with van der Waals surface area (Å²) in [6.07, 6.45) is -3.10. The minimum atomic E-state index is -5.25. The zero-order valence-electron chi connectivity index (χ0n) is 17.6. The predicted molar refractivity (Wildman–Crippen MR) is 115 cm³/mol. The average molecular weight is 477 g/mol. The van der Waals surface area contributed by atoms with Crippen molar-refractivity contribution in [2.75, 3.05) is 36.1 Å². The molecule has 0 aliphatic carbocycles. The van der Waals surface area contributed by atoms with Crippen molar-refractivity contribution in [2.24, 2.45) is 5.73 Å². The number of hydrogen-bond donors (Lipinski definition) is 1. The van der Waals surface area contributed by atoms with Crippen LogP contribution in [0.4, 0.5) is 33.7 Å². The highest BCUT2D eigenvalue weighted by atomic mass is 19.4. The second kappa shape index (κ2) is 9.14. The fraction of sp³-hybridized carbons (Fsp3) is 0.227. The van der Waals surface area contributed by atoms with Gasteiger partial charge in [-0.15, -0.1) is 13.2 Å². The van der Waals surface area contributed by atoms with Crippen molar-refractivity contribution in [3.05, 3.63) is 66.2 Å². The molecule has 0 unspecified atom stereocenters. The van der Waals surface area contributed by atoms with Crippen molar-refractivity contribution in [3.63, 3.8) is 0 Å². The molecule has 0 saturated carbocycles. The summed E-state index contributed by atoms with van der Waals surface area (Å²) < 4.78 is 63.8. The van der Waals surface area contributed by atoms with E-state index in [0.29, 0.717) is 36.7 Å². The Morgan fingerprint density at radius 1 is 1.09 bits per heavy atom. The number of benzene rings is 2. The number of amides is 2. The van der Waals surface area contributed by atoms with E-state index in [-0.39, 0.29) is 16.7 Å². The Morgan fingerprint density at radius 3 is 2.44 bits per heavy atom. The number of primary amides is 1. The molecule has 178 valence electrons. The largest absolute Gasteiger partial charge is 0.493 e. The molecular formula is C22H19F4N5O3. The van der Waals surface area contributed by atoms with Gasteiger partial charge in [0.2, 0.25) is 5.91 Å². The Bertz CT molecular complexity index is 1210. The van der Waals surface area contributed by atoms with Gasteiger partial charge >= 0.3 is 12.3 Å². The molecule has 2 heterocycles. The van der Waals surface area contributed by atoms with Crippen LogP contribution in [-0.2, 0) is 4.74 Å². The third-order valence-electron chi connectivity index (χ3n) is 5.27. The van der Waals surface area contributed by atoms with Crippen molar-refractivity contribution in [1.82, 2.24) is 9.78 Å². The Balaban J connectivity index is 1.93. The van der Waals surface area contributed by atoms with Crippen molar-refractivity contribution in [1.29, 1.82) is 0 Å². The van der Waals surface area contributed by atoms with Crippen LogP contribution < -0.4 is 15.5 Å². The number of anilines is 2. The van der Waals surface area contributed by atoms with Gasteiger partial charge in [-0.25, -0.2) is 9.18 Å². The van der Waals surface area contributed by atoms with Crippen LogP contribution in [0.3, 0.4) is 0 Å². The van der Waals surface area contributed by atoms with Gasteiger partial charge in [-0.3, -0.25) is 4.79 Å². The summed E-state index contributed by atoms with van der Waals surface area (Å²) in [7, 11) is 0. The maximum atomic E-state index is 16.0. The first-order valence-electron chi connectivity index (χ1n) is 10.1. The van der Waals surface area contributed by atoms with Gasteiger partial charge in [0.15, 0.2) is 5.82 Å². The number of ether oxygens (including phenoxy) is 1. The standard InChI is InChI=1S/C22H19F4N5O3/c23-19-17(31(22(24,25)26)21(33)30-8-2-7-28-30)6-5-16(29-9-11-34-12-10-29)18(19)14-3-1-4-15(13-14)20(27)32/h1-8,13H,9-12H2,(H2,27,32). The Hall–Kier alpha value is -3.93. The first-order chi connectivity index (χ1) is 16.2. The number of carbonyl (C=O) groups excluding carboxylic acids is 2. The third-order valence-corrected chi connectivity index (χ3v) is 5.27. The van der Waals surface area contributed by atoms with E-state index in [1.807, 2.05) is 0 Å². The zero-order chi connectivity index (χ0) is 24.5. The van der Waals surface area contributed by atoms with Crippen LogP contribution in [-0.4, -0.2) is 54.3 Å². The number of halogens is 4. The molecule has 2 N–H and O–H groups in total. The SMILES string of the molecule is NC(=O)c1cccc(-c2c(N3CCOCC3)ccc(N(C(=O)n3cccn3)C(F)(F)F)c2F)c1.